The number of aromatic nitrogens is 1. The summed E-state index contributed by atoms with van der Waals surface area (Å²) in [5.74, 6) is -0.0419. The van der Waals surface area contributed by atoms with E-state index in [4.69, 9.17) is 0 Å². The van der Waals surface area contributed by atoms with Crippen LogP contribution in [0.3, 0.4) is 0 Å². The van der Waals surface area contributed by atoms with Crippen molar-refractivity contribution < 1.29 is 4.79 Å². The van der Waals surface area contributed by atoms with Crippen LogP contribution in [0.2, 0.25) is 0 Å². The van der Waals surface area contributed by atoms with Crippen LogP contribution in [-0.2, 0) is 6.42 Å². The van der Waals surface area contributed by atoms with E-state index in [0.29, 0.717) is 5.56 Å². The fraction of sp³-hybridized carbons (Fsp3) is 0.222. The number of hydrogen-bond donors (Lipinski definition) is 1. The summed E-state index contributed by atoms with van der Waals surface area (Å²) in [6.45, 7) is 6.09. The Kier molecular flexibility index (Phi) is 4.88. The number of benzene rings is 1. The molecule has 2 aromatic rings. The minimum absolute atomic E-state index is 0.0419. The highest BCUT2D eigenvalue weighted by Gasteiger charge is 2.06. The van der Waals surface area contributed by atoms with E-state index in [9.17, 15) is 4.79 Å². The largest absolute Gasteiger partial charge is 0.359 e. The fourth-order valence-electron chi connectivity index (χ4n) is 2.22. The van der Waals surface area contributed by atoms with Gasteiger partial charge in [0.2, 0.25) is 0 Å². The van der Waals surface area contributed by atoms with Crippen molar-refractivity contribution in [1.82, 2.24) is 4.98 Å². The molecular formula is C18H20N2O. The highest BCUT2D eigenvalue weighted by molar-refractivity contribution is 6.04. The van der Waals surface area contributed by atoms with E-state index in [-0.39, 0.29) is 5.78 Å². The van der Waals surface area contributed by atoms with Gasteiger partial charge < -0.3 is 5.32 Å². The van der Waals surface area contributed by atoms with Crippen molar-refractivity contribution >= 4 is 11.5 Å². The normalized spacial score (nSPS) is 11.3. The Labute approximate surface area is 125 Å². The molecule has 2 rings (SSSR count). The second-order valence-electron chi connectivity index (χ2n) is 5.02. The van der Waals surface area contributed by atoms with Gasteiger partial charge in [-0.3, -0.25) is 9.78 Å². The number of para-hydroxylation sites is 1. The average molecular weight is 280 g/mol. The number of rotatable bonds is 5. The number of carbonyl (C=O) groups is 1. The first kappa shape index (κ1) is 15.0. The molecule has 0 aliphatic rings. The Balaban J connectivity index is 2.20. The van der Waals surface area contributed by atoms with Gasteiger partial charge in [-0.05, 0) is 43.5 Å². The molecule has 0 radical (unpaired) electrons. The van der Waals surface area contributed by atoms with Crippen LogP contribution in [0, 0.1) is 6.92 Å². The molecule has 0 spiro atoms. The van der Waals surface area contributed by atoms with Gasteiger partial charge in [0.05, 0.1) is 0 Å². The molecule has 0 saturated heterocycles. The maximum absolute atomic E-state index is 12.1. The number of pyridine rings is 1. The fourth-order valence-corrected chi connectivity index (χ4v) is 2.22. The van der Waals surface area contributed by atoms with Crippen molar-refractivity contribution in [3.8, 4) is 0 Å². The lowest BCUT2D eigenvalue weighted by Crippen LogP contribution is -2.04. The van der Waals surface area contributed by atoms with Crippen LogP contribution in [0.4, 0.5) is 5.69 Å². The highest BCUT2D eigenvalue weighted by Crippen LogP contribution is 2.22. The summed E-state index contributed by atoms with van der Waals surface area (Å²) in [7, 11) is 0. The zero-order valence-corrected chi connectivity index (χ0v) is 12.7. The topological polar surface area (TPSA) is 42.0 Å². The summed E-state index contributed by atoms with van der Waals surface area (Å²) in [4.78, 5) is 16.1. The second-order valence-corrected chi connectivity index (χ2v) is 5.02. The van der Waals surface area contributed by atoms with E-state index >= 15 is 0 Å². The third-order valence-corrected chi connectivity index (χ3v) is 3.36. The van der Waals surface area contributed by atoms with Crippen molar-refractivity contribution in [3.63, 3.8) is 0 Å². The number of aryl methyl sites for hydroxylation is 2. The predicted molar refractivity (Wildman–Crippen MR) is 86.5 cm³/mol. The Morgan fingerprint density at radius 2 is 2.10 bits per heavy atom. The van der Waals surface area contributed by atoms with Crippen LogP contribution in [0.25, 0.3) is 0 Å². The van der Waals surface area contributed by atoms with Crippen LogP contribution in [-0.4, -0.2) is 10.8 Å². The smallest absolute Gasteiger partial charge is 0.189 e. The van der Waals surface area contributed by atoms with Crippen LogP contribution in [0.15, 0.2) is 54.5 Å². The van der Waals surface area contributed by atoms with Gasteiger partial charge in [0, 0.05) is 35.4 Å². The van der Waals surface area contributed by atoms with Gasteiger partial charge >= 0.3 is 0 Å². The first-order valence-corrected chi connectivity index (χ1v) is 7.10. The molecular weight excluding hydrogens is 260 g/mol. The van der Waals surface area contributed by atoms with Gasteiger partial charge in [-0.25, -0.2) is 0 Å². The van der Waals surface area contributed by atoms with Crippen LogP contribution >= 0.6 is 0 Å². The monoisotopic (exact) mass is 280 g/mol. The molecule has 0 bridgehead atoms. The Bertz CT molecular complexity index is 660. The summed E-state index contributed by atoms with van der Waals surface area (Å²) in [6.07, 6.45) is 5.81. The highest BCUT2D eigenvalue weighted by atomic mass is 16.1. The molecule has 1 aromatic heterocycles. The average Bonchev–Trinajstić information content (AvgIpc) is 2.50. The van der Waals surface area contributed by atoms with E-state index in [1.54, 1.807) is 30.6 Å². The van der Waals surface area contributed by atoms with Crippen molar-refractivity contribution in [2.75, 3.05) is 5.32 Å². The Morgan fingerprint density at radius 3 is 2.76 bits per heavy atom. The SMILES string of the molecule is CCc1cccc(C)c1NC(C)=CC(=O)c1cccnc1. The van der Waals surface area contributed by atoms with Gasteiger partial charge in [-0.15, -0.1) is 0 Å². The van der Waals surface area contributed by atoms with Gasteiger partial charge in [0.25, 0.3) is 0 Å². The maximum atomic E-state index is 12.1. The molecule has 0 aliphatic heterocycles. The molecule has 3 nitrogen and oxygen atoms in total. The third-order valence-electron chi connectivity index (χ3n) is 3.36. The van der Waals surface area contributed by atoms with Crippen molar-refractivity contribution in [3.05, 3.63) is 71.2 Å². The number of hydrogen-bond acceptors (Lipinski definition) is 3. The summed E-state index contributed by atoms with van der Waals surface area (Å²) >= 11 is 0. The van der Waals surface area contributed by atoms with E-state index in [2.05, 4.69) is 42.3 Å². The van der Waals surface area contributed by atoms with Crippen LogP contribution in [0.5, 0.6) is 0 Å². The zero-order chi connectivity index (χ0) is 15.2. The summed E-state index contributed by atoms with van der Waals surface area (Å²) < 4.78 is 0. The molecule has 0 atom stereocenters. The molecule has 21 heavy (non-hydrogen) atoms. The lowest BCUT2D eigenvalue weighted by molar-refractivity contribution is 0.104. The van der Waals surface area contributed by atoms with Gasteiger partial charge in [0.1, 0.15) is 0 Å². The van der Waals surface area contributed by atoms with Crippen molar-refractivity contribution in [2.45, 2.75) is 27.2 Å². The number of ketones is 1. The zero-order valence-electron chi connectivity index (χ0n) is 12.7. The van der Waals surface area contributed by atoms with Crippen LogP contribution in [0.1, 0.15) is 35.3 Å². The minimum Gasteiger partial charge on any atom is -0.359 e. The third kappa shape index (κ3) is 3.78. The Hall–Kier alpha value is -2.42. The van der Waals surface area contributed by atoms with E-state index in [1.165, 1.54) is 11.1 Å². The van der Waals surface area contributed by atoms with E-state index in [0.717, 1.165) is 17.8 Å². The molecule has 0 amide bonds. The molecule has 0 saturated carbocycles. The standard InChI is InChI=1S/C18H20N2O/c1-4-15-8-5-7-13(2)18(15)20-14(3)11-17(21)16-9-6-10-19-12-16/h5-12,20H,4H2,1-3H3. The lowest BCUT2D eigenvalue weighted by Gasteiger charge is -2.14. The van der Waals surface area contributed by atoms with E-state index < -0.39 is 0 Å². The van der Waals surface area contributed by atoms with Crippen molar-refractivity contribution in [1.29, 1.82) is 0 Å². The molecule has 108 valence electrons. The molecule has 0 aliphatic carbocycles. The second kappa shape index (κ2) is 6.84. The molecule has 1 aromatic carbocycles. The first-order valence-electron chi connectivity index (χ1n) is 7.10. The van der Waals surface area contributed by atoms with E-state index in [1.807, 2.05) is 6.92 Å². The van der Waals surface area contributed by atoms with Crippen molar-refractivity contribution in [2.24, 2.45) is 0 Å². The maximum Gasteiger partial charge on any atom is 0.189 e. The van der Waals surface area contributed by atoms with Gasteiger partial charge in [0.15, 0.2) is 5.78 Å². The summed E-state index contributed by atoms with van der Waals surface area (Å²) in [5.41, 5.74) is 4.94. The van der Waals surface area contributed by atoms with Gasteiger partial charge in [-0.2, -0.15) is 0 Å². The number of carbonyl (C=O) groups excluding carboxylic acids is 1. The number of anilines is 1. The first-order chi connectivity index (χ1) is 10.1. The Morgan fingerprint density at radius 1 is 1.29 bits per heavy atom. The number of nitrogens with one attached hydrogen (secondary N) is 1. The molecule has 0 fully saturated rings. The molecule has 3 heteroatoms. The number of nitrogens with zero attached hydrogens (tertiary/aromatic N) is 1. The van der Waals surface area contributed by atoms with Gasteiger partial charge in [-0.1, -0.05) is 25.1 Å². The molecule has 1 heterocycles. The minimum atomic E-state index is -0.0419. The molecule has 0 unspecified atom stereocenters. The quantitative estimate of drug-likeness (QED) is 0.661. The lowest BCUT2D eigenvalue weighted by atomic mass is 10.1. The molecule has 1 N–H and O–H groups in total. The summed E-state index contributed by atoms with van der Waals surface area (Å²) in [6, 6.07) is 9.76. The summed E-state index contributed by atoms with van der Waals surface area (Å²) in [5, 5.41) is 3.35. The number of allylic oxidation sites excluding steroid dienone is 2. The van der Waals surface area contributed by atoms with Crippen LogP contribution < -0.4 is 5.32 Å². The predicted octanol–water partition coefficient (Wildman–Crippen LogP) is 4.15.